The van der Waals surface area contributed by atoms with Crippen molar-refractivity contribution < 1.29 is 14.3 Å². The summed E-state index contributed by atoms with van der Waals surface area (Å²) < 4.78 is 5.73. The third kappa shape index (κ3) is 2.97. The minimum absolute atomic E-state index is 0.00928. The average Bonchev–Trinajstić information content (AvgIpc) is 2.36. The normalized spacial score (nSPS) is 30.6. The lowest BCUT2D eigenvalue weighted by atomic mass is 9.91. The summed E-state index contributed by atoms with van der Waals surface area (Å²) in [6.45, 7) is 8.76. The van der Waals surface area contributed by atoms with E-state index in [2.05, 4.69) is 5.32 Å². The number of nitrogens with zero attached hydrogens (tertiary/aromatic N) is 1. The molecule has 2 rings (SSSR count). The number of rotatable bonds is 3. The first kappa shape index (κ1) is 15.3. The van der Waals surface area contributed by atoms with E-state index in [1.54, 1.807) is 18.7 Å². The molecule has 0 saturated carbocycles. The van der Waals surface area contributed by atoms with Gasteiger partial charge in [-0.15, -0.1) is 0 Å². The number of piperazine rings is 1. The minimum atomic E-state index is -0.822. The molecule has 20 heavy (non-hydrogen) atoms. The van der Waals surface area contributed by atoms with Crippen LogP contribution in [0.5, 0.6) is 0 Å². The number of hydrogen-bond acceptors (Lipinski definition) is 3. The zero-order valence-corrected chi connectivity index (χ0v) is 12.9. The van der Waals surface area contributed by atoms with E-state index < -0.39 is 5.54 Å². The van der Waals surface area contributed by atoms with E-state index in [1.165, 1.54) is 0 Å². The second-order valence-electron chi connectivity index (χ2n) is 6.75. The van der Waals surface area contributed by atoms with Crippen LogP contribution in [0, 0.1) is 5.92 Å². The fourth-order valence-electron chi connectivity index (χ4n) is 3.09. The molecule has 0 radical (unpaired) electrons. The fraction of sp³-hybridized carbons (Fsp3) is 0.867. The molecule has 0 spiro atoms. The Balaban J connectivity index is 2.18. The van der Waals surface area contributed by atoms with Gasteiger partial charge in [0.15, 0.2) is 0 Å². The number of hydrogen-bond donors (Lipinski definition) is 1. The van der Waals surface area contributed by atoms with Crippen molar-refractivity contribution in [3.63, 3.8) is 0 Å². The van der Waals surface area contributed by atoms with Gasteiger partial charge in [-0.05, 0) is 39.0 Å². The minimum Gasteiger partial charge on any atom is -0.376 e. The quantitative estimate of drug-likeness (QED) is 0.849. The molecule has 2 saturated heterocycles. The maximum Gasteiger partial charge on any atom is 0.248 e. The first-order chi connectivity index (χ1) is 9.33. The van der Waals surface area contributed by atoms with Crippen LogP contribution >= 0.6 is 0 Å². The van der Waals surface area contributed by atoms with E-state index in [-0.39, 0.29) is 29.9 Å². The van der Waals surface area contributed by atoms with Gasteiger partial charge in [0.1, 0.15) is 11.6 Å². The van der Waals surface area contributed by atoms with Gasteiger partial charge in [0.05, 0.1) is 6.10 Å². The molecule has 2 amide bonds. The predicted molar refractivity (Wildman–Crippen MR) is 76.2 cm³/mol. The Morgan fingerprint density at radius 2 is 2.05 bits per heavy atom. The number of ether oxygens (including phenoxy) is 1. The lowest BCUT2D eigenvalue weighted by molar-refractivity contribution is -0.158. The van der Waals surface area contributed by atoms with Gasteiger partial charge >= 0.3 is 0 Å². The van der Waals surface area contributed by atoms with Crippen molar-refractivity contribution in [2.45, 2.75) is 64.6 Å². The van der Waals surface area contributed by atoms with Crippen LogP contribution in [0.25, 0.3) is 0 Å². The molecule has 1 N–H and O–H groups in total. The fourth-order valence-corrected chi connectivity index (χ4v) is 3.09. The number of carbonyl (C=O) groups excluding carboxylic acids is 2. The van der Waals surface area contributed by atoms with Gasteiger partial charge in [-0.1, -0.05) is 13.8 Å². The molecule has 114 valence electrons. The Bertz CT molecular complexity index is 387. The summed E-state index contributed by atoms with van der Waals surface area (Å²) in [6, 6.07) is -0.388. The molecule has 2 heterocycles. The summed E-state index contributed by atoms with van der Waals surface area (Å²) in [5.41, 5.74) is -0.822. The van der Waals surface area contributed by atoms with Crippen LogP contribution in [-0.2, 0) is 14.3 Å². The number of carbonyl (C=O) groups is 2. The van der Waals surface area contributed by atoms with Crippen molar-refractivity contribution in [2.75, 3.05) is 13.2 Å². The smallest absolute Gasteiger partial charge is 0.248 e. The highest BCUT2D eigenvalue weighted by Crippen LogP contribution is 2.25. The lowest BCUT2D eigenvalue weighted by Gasteiger charge is -2.45. The summed E-state index contributed by atoms with van der Waals surface area (Å²) in [5.74, 6) is 0.0315. The summed E-state index contributed by atoms with van der Waals surface area (Å²) in [6.07, 6.45) is 3.26. The Morgan fingerprint density at radius 1 is 1.35 bits per heavy atom. The van der Waals surface area contributed by atoms with E-state index in [9.17, 15) is 9.59 Å². The van der Waals surface area contributed by atoms with Crippen LogP contribution in [0.1, 0.15) is 47.0 Å². The first-order valence-electron chi connectivity index (χ1n) is 7.57. The molecule has 2 atom stereocenters. The topological polar surface area (TPSA) is 58.6 Å². The molecule has 0 aromatic rings. The molecule has 2 aliphatic rings. The highest BCUT2D eigenvalue weighted by Gasteiger charge is 2.46. The highest BCUT2D eigenvalue weighted by atomic mass is 16.5. The van der Waals surface area contributed by atoms with Crippen LogP contribution in [0.2, 0.25) is 0 Å². The van der Waals surface area contributed by atoms with Gasteiger partial charge in [-0.25, -0.2) is 0 Å². The summed E-state index contributed by atoms with van der Waals surface area (Å²) in [5, 5.41) is 2.83. The van der Waals surface area contributed by atoms with Crippen molar-refractivity contribution in [1.82, 2.24) is 10.2 Å². The molecule has 2 fully saturated rings. The van der Waals surface area contributed by atoms with Gasteiger partial charge in [0.25, 0.3) is 0 Å². The molecule has 0 aromatic heterocycles. The first-order valence-corrected chi connectivity index (χ1v) is 7.57. The van der Waals surface area contributed by atoms with Crippen molar-refractivity contribution >= 4 is 11.8 Å². The van der Waals surface area contributed by atoms with E-state index in [1.807, 2.05) is 13.8 Å². The van der Waals surface area contributed by atoms with Crippen molar-refractivity contribution in [3.8, 4) is 0 Å². The molecule has 0 aromatic carbocycles. The Labute approximate surface area is 121 Å². The van der Waals surface area contributed by atoms with Crippen molar-refractivity contribution in [3.05, 3.63) is 0 Å². The van der Waals surface area contributed by atoms with E-state index in [0.717, 1.165) is 25.9 Å². The van der Waals surface area contributed by atoms with Gasteiger partial charge in [0.2, 0.25) is 11.8 Å². The average molecular weight is 282 g/mol. The molecular weight excluding hydrogens is 256 g/mol. The third-order valence-electron chi connectivity index (χ3n) is 4.14. The second-order valence-corrected chi connectivity index (χ2v) is 6.75. The van der Waals surface area contributed by atoms with Crippen molar-refractivity contribution in [2.24, 2.45) is 5.92 Å². The van der Waals surface area contributed by atoms with Crippen LogP contribution in [0.15, 0.2) is 0 Å². The SMILES string of the molecule is CC(C)C1C(=O)NC(C)(C)C(=O)N1CC1CCCCO1. The molecule has 2 unspecified atom stereocenters. The largest absolute Gasteiger partial charge is 0.376 e. The molecule has 5 heteroatoms. The number of amides is 2. The van der Waals surface area contributed by atoms with E-state index in [4.69, 9.17) is 4.74 Å². The summed E-state index contributed by atoms with van der Waals surface area (Å²) in [7, 11) is 0. The van der Waals surface area contributed by atoms with Crippen LogP contribution in [0.3, 0.4) is 0 Å². The van der Waals surface area contributed by atoms with Gasteiger partial charge < -0.3 is 15.0 Å². The number of nitrogens with one attached hydrogen (secondary N) is 1. The van der Waals surface area contributed by atoms with Gasteiger partial charge in [-0.2, -0.15) is 0 Å². The van der Waals surface area contributed by atoms with Crippen LogP contribution in [-0.4, -0.2) is 47.6 Å². The predicted octanol–water partition coefficient (Wildman–Crippen LogP) is 1.32. The monoisotopic (exact) mass is 282 g/mol. The summed E-state index contributed by atoms with van der Waals surface area (Å²) >= 11 is 0. The zero-order chi connectivity index (χ0) is 14.9. The van der Waals surface area contributed by atoms with Gasteiger partial charge in [-0.3, -0.25) is 9.59 Å². The Kier molecular flexibility index (Phi) is 4.37. The summed E-state index contributed by atoms with van der Waals surface area (Å²) in [4.78, 5) is 26.7. The molecule has 2 aliphatic heterocycles. The third-order valence-corrected chi connectivity index (χ3v) is 4.14. The van der Waals surface area contributed by atoms with Crippen molar-refractivity contribution in [1.29, 1.82) is 0 Å². The maximum absolute atomic E-state index is 12.6. The van der Waals surface area contributed by atoms with Gasteiger partial charge in [0, 0.05) is 13.2 Å². The molecule has 5 nitrogen and oxygen atoms in total. The molecule has 0 aliphatic carbocycles. The van der Waals surface area contributed by atoms with Crippen LogP contribution in [0.4, 0.5) is 0 Å². The maximum atomic E-state index is 12.6. The molecule has 0 bridgehead atoms. The second kappa shape index (κ2) is 5.72. The zero-order valence-electron chi connectivity index (χ0n) is 12.9. The van der Waals surface area contributed by atoms with E-state index in [0.29, 0.717) is 6.54 Å². The Hall–Kier alpha value is -1.10. The Morgan fingerprint density at radius 3 is 2.60 bits per heavy atom. The van der Waals surface area contributed by atoms with E-state index >= 15 is 0 Å². The standard InChI is InChI=1S/C15H26N2O3/c1-10(2)12-13(18)16-15(3,4)14(19)17(12)9-11-7-5-6-8-20-11/h10-12H,5-9H2,1-4H3,(H,16,18). The molecular formula is C15H26N2O3. The lowest BCUT2D eigenvalue weighted by Crippen LogP contribution is -2.70. The highest BCUT2D eigenvalue weighted by molar-refractivity contribution is 5.99. The van der Waals surface area contributed by atoms with Crippen LogP contribution < -0.4 is 5.32 Å².